The van der Waals surface area contributed by atoms with Gasteiger partial charge < -0.3 is 9.84 Å². The lowest BCUT2D eigenvalue weighted by molar-refractivity contribution is -0.0366. The third kappa shape index (κ3) is 2.26. The van der Waals surface area contributed by atoms with Gasteiger partial charge in [-0.1, -0.05) is 18.5 Å². The van der Waals surface area contributed by atoms with Crippen LogP contribution in [0.5, 0.6) is 5.75 Å². The van der Waals surface area contributed by atoms with E-state index >= 15 is 0 Å². The Balaban J connectivity index is 2.02. The fraction of sp³-hybridized carbons (Fsp3) is 0.389. The molecule has 1 atom stereocenters. The zero-order valence-corrected chi connectivity index (χ0v) is 14.1. The number of rotatable bonds is 2. The number of nitrogens with zero attached hydrogens (tertiary/aromatic N) is 2. The van der Waals surface area contributed by atoms with Crippen molar-refractivity contribution in [3.8, 4) is 5.75 Å². The number of phenols is 1. The van der Waals surface area contributed by atoms with Gasteiger partial charge in [0.2, 0.25) is 0 Å². The quantitative estimate of drug-likeness (QED) is 0.712. The van der Waals surface area contributed by atoms with Gasteiger partial charge in [0.25, 0.3) is 0 Å². The summed E-state index contributed by atoms with van der Waals surface area (Å²) in [4.78, 5) is 0. The van der Waals surface area contributed by atoms with E-state index in [2.05, 4.69) is 5.10 Å². The molecule has 4 rings (SSSR count). The molecule has 1 aliphatic heterocycles. The van der Waals surface area contributed by atoms with Crippen molar-refractivity contribution in [1.82, 2.24) is 9.78 Å². The number of hydrogen-bond donors (Lipinski definition) is 1. The molecule has 2 aromatic carbocycles. The van der Waals surface area contributed by atoms with Crippen LogP contribution in [0.3, 0.4) is 0 Å². The molecule has 1 N–H and O–H groups in total. The average Bonchev–Trinajstić information content (AvgIpc) is 3.01. The molecule has 0 radical (unpaired) electrons. The van der Waals surface area contributed by atoms with Crippen LogP contribution in [0.15, 0.2) is 18.3 Å². The van der Waals surface area contributed by atoms with Crippen molar-refractivity contribution >= 4 is 33.3 Å². The number of ether oxygens (including phenoxy) is 1. The Morgan fingerprint density at radius 1 is 1.38 bits per heavy atom. The van der Waals surface area contributed by atoms with E-state index < -0.39 is 5.82 Å². The summed E-state index contributed by atoms with van der Waals surface area (Å²) in [5, 5.41) is 17.2. The summed E-state index contributed by atoms with van der Waals surface area (Å²) >= 11 is 6.26. The lowest BCUT2D eigenvalue weighted by Gasteiger charge is -2.23. The zero-order valence-electron chi connectivity index (χ0n) is 13.4. The minimum Gasteiger partial charge on any atom is -0.507 e. The highest BCUT2D eigenvalue weighted by Gasteiger charge is 2.22. The number of benzene rings is 2. The van der Waals surface area contributed by atoms with E-state index in [1.54, 1.807) is 10.9 Å². The molecule has 0 aliphatic carbocycles. The van der Waals surface area contributed by atoms with Gasteiger partial charge >= 0.3 is 0 Å². The minimum absolute atomic E-state index is 0.0304. The number of phenolic OH excluding ortho intramolecular Hbond substituents is 1. The van der Waals surface area contributed by atoms with Gasteiger partial charge in [0, 0.05) is 17.4 Å². The Bertz CT molecular complexity index is 932. The number of aromatic hydroxyl groups is 1. The smallest absolute Gasteiger partial charge is 0.150 e. The molecule has 126 valence electrons. The molecule has 1 unspecified atom stereocenters. The predicted octanol–water partition coefficient (Wildman–Crippen LogP) is 4.95. The molecule has 1 fully saturated rings. The maximum atomic E-state index is 14.2. The van der Waals surface area contributed by atoms with Crippen molar-refractivity contribution in [3.63, 3.8) is 0 Å². The SMILES string of the molecule is CCc1c(F)cc(Cl)c2cc3c(cnn3C3CCCCO3)c(O)c12. The van der Waals surface area contributed by atoms with Crippen LogP contribution >= 0.6 is 11.6 Å². The van der Waals surface area contributed by atoms with Gasteiger partial charge in [-0.15, -0.1) is 0 Å². The fourth-order valence-corrected chi connectivity index (χ4v) is 3.80. The van der Waals surface area contributed by atoms with E-state index in [1.807, 2.05) is 13.0 Å². The normalized spacial score (nSPS) is 18.5. The summed E-state index contributed by atoms with van der Waals surface area (Å²) < 4.78 is 21.8. The topological polar surface area (TPSA) is 47.3 Å². The lowest BCUT2D eigenvalue weighted by Crippen LogP contribution is -2.18. The predicted molar refractivity (Wildman–Crippen MR) is 92.1 cm³/mol. The Morgan fingerprint density at radius 3 is 2.92 bits per heavy atom. The molecule has 0 bridgehead atoms. The van der Waals surface area contributed by atoms with Crippen LogP contribution in [0.2, 0.25) is 5.02 Å². The first kappa shape index (κ1) is 15.7. The number of hydrogen-bond acceptors (Lipinski definition) is 3. The molecule has 0 saturated carbocycles. The third-order valence-electron chi connectivity index (χ3n) is 4.76. The van der Waals surface area contributed by atoms with E-state index in [1.165, 1.54) is 6.07 Å². The average molecular weight is 349 g/mol. The van der Waals surface area contributed by atoms with Crippen molar-refractivity contribution in [2.45, 2.75) is 38.8 Å². The van der Waals surface area contributed by atoms with Crippen molar-refractivity contribution in [2.75, 3.05) is 6.61 Å². The maximum absolute atomic E-state index is 14.2. The van der Waals surface area contributed by atoms with Crippen molar-refractivity contribution in [3.05, 3.63) is 34.7 Å². The molecular weight excluding hydrogens is 331 g/mol. The van der Waals surface area contributed by atoms with Crippen LogP contribution in [0.25, 0.3) is 21.7 Å². The first-order valence-electron chi connectivity index (χ1n) is 8.23. The van der Waals surface area contributed by atoms with Crippen molar-refractivity contribution in [2.24, 2.45) is 0 Å². The first-order valence-corrected chi connectivity index (χ1v) is 8.61. The van der Waals surface area contributed by atoms with Crippen LogP contribution in [0.4, 0.5) is 4.39 Å². The van der Waals surface area contributed by atoms with Crippen molar-refractivity contribution < 1.29 is 14.2 Å². The summed E-state index contributed by atoms with van der Waals surface area (Å²) in [6.45, 7) is 2.56. The highest BCUT2D eigenvalue weighted by molar-refractivity contribution is 6.36. The summed E-state index contributed by atoms with van der Waals surface area (Å²) in [6, 6.07) is 3.18. The number of fused-ring (bicyclic) bond motifs is 2. The van der Waals surface area contributed by atoms with Crippen LogP contribution < -0.4 is 0 Å². The standard InChI is InChI=1S/C18H18ClFN2O2/c1-2-10-14(20)8-13(19)11-7-15-12(18(23)17(10)11)9-21-22(15)16-5-3-4-6-24-16/h7-9,16,23H,2-6H2,1H3. The molecule has 1 saturated heterocycles. The highest BCUT2D eigenvalue weighted by Crippen LogP contribution is 2.41. The van der Waals surface area contributed by atoms with Crippen molar-refractivity contribution in [1.29, 1.82) is 0 Å². The van der Waals surface area contributed by atoms with Crippen LogP contribution in [0, 0.1) is 5.82 Å². The Labute approximate surface area is 143 Å². The molecule has 1 aliphatic rings. The monoisotopic (exact) mass is 348 g/mol. The Kier molecular flexibility index (Phi) is 3.85. The van der Waals surface area contributed by atoms with Gasteiger partial charge in [-0.2, -0.15) is 5.10 Å². The number of aromatic nitrogens is 2. The second-order valence-corrected chi connectivity index (χ2v) is 6.57. The molecule has 2 heterocycles. The van der Waals surface area contributed by atoms with Crippen LogP contribution in [0.1, 0.15) is 38.0 Å². The molecule has 0 amide bonds. The summed E-state index contributed by atoms with van der Waals surface area (Å²) in [5.74, 6) is -0.365. The van der Waals surface area contributed by atoms with Gasteiger partial charge in [-0.05, 0) is 43.4 Å². The molecule has 6 heteroatoms. The molecule has 3 aromatic rings. The number of halogens is 2. The van der Waals surface area contributed by atoms with Gasteiger partial charge in [0.15, 0.2) is 6.23 Å². The summed E-state index contributed by atoms with van der Waals surface area (Å²) in [7, 11) is 0. The maximum Gasteiger partial charge on any atom is 0.150 e. The molecule has 1 aromatic heterocycles. The minimum atomic E-state index is -0.396. The zero-order chi connectivity index (χ0) is 16.8. The van der Waals surface area contributed by atoms with Gasteiger partial charge in [-0.25, -0.2) is 9.07 Å². The van der Waals surface area contributed by atoms with E-state index in [0.29, 0.717) is 34.7 Å². The van der Waals surface area contributed by atoms with E-state index in [0.717, 1.165) is 24.8 Å². The Morgan fingerprint density at radius 2 is 2.21 bits per heavy atom. The number of aryl methyl sites for hydroxylation is 1. The Hall–Kier alpha value is -1.85. The third-order valence-corrected chi connectivity index (χ3v) is 5.07. The first-order chi connectivity index (χ1) is 11.6. The van der Waals surface area contributed by atoms with Gasteiger partial charge in [0.1, 0.15) is 11.6 Å². The lowest BCUT2D eigenvalue weighted by atomic mass is 9.99. The van der Waals surface area contributed by atoms with E-state index in [9.17, 15) is 9.50 Å². The summed E-state index contributed by atoms with van der Waals surface area (Å²) in [5.41, 5.74) is 1.22. The molecule has 0 spiro atoms. The second kappa shape index (κ2) is 5.90. The molecule has 24 heavy (non-hydrogen) atoms. The van der Waals surface area contributed by atoms with E-state index in [4.69, 9.17) is 16.3 Å². The van der Waals surface area contributed by atoms with E-state index in [-0.39, 0.29) is 17.0 Å². The van der Waals surface area contributed by atoms with Gasteiger partial charge in [0.05, 0.1) is 22.1 Å². The summed E-state index contributed by atoms with van der Waals surface area (Å²) in [6.07, 6.45) is 4.95. The molecule has 4 nitrogen and oxygen atoms in total. The van der Waals surface area contributed by atoms with Gasteiger partial charge in [-0.3, -0.25) is 0 Å². The largest absolute Gasteiger partial charge is 0.507 e. The van der Waals surface area contributed by atoms with Crippen LogP contribution in [-0.4, -0.2) is 21.5 Å². The molecular formula is C18H18ClFN2O2. The highest BCUT2D eigenvalue weighted by atomic mass is 35.5. The van der Waals surface area contributed by atoms with Crippen LogP contribution in [-0.2, 0) is 11.2 Å². The second-order valence-electron chi connectivity index (χ2n) is 6.16. The fourth-order valence-electron chi connectivity index (χ4n) is 3.55.